The first-order chi connectivity index (χ1) is 5.41. The summed E-state index contributed by atoms with van der Waals surface area (Å²) in [6.07, 6.45) is 0. The molecular weight excluding hydrogens is 208 g/mol. The summed E-state index contributed by atoms with van der Waals surface area (Å²) < 4.78 is 7.71. The summed E-state index contributed by atoms with van der Waals surface area (Å²) in [5.41, 5.74) is 0. The van der Waals surface area contributed by atoms with Gasteiger partial charge in [0.2, 0.25) is 0 Å². The van der Waals surface area contributed by atoms with Gasteiger partial charge in [-0.05, 0) is 13.1 Å². The summed E-state index contributed by atoms with van der Waals surface area (Å²) in [6, 6.07) is 0. The topological polar surface area (TPSA) is 24.1 Å². The predicted molar refractivity (Wildman–Crippen MR) is 70.4 cm³/mol. The van der Waals surface area contributed by atoms with Crippen molar-refractivity contribution in [3.8, 4) is 0 Å². The van der Waals surface area contributed by atoms with E-state index in [9.17, 15) is 0 Å². The second-order valence-corrected chi connectivity index (χ2v) is 20.6. The van der Waals surface area contributed by atoms with Crippen LogP contribution in [0.2, 0.25) is 52.4 Å². The maximum absolute atomic E-state index is 3.85. The van der Waals surface area contributed by atoms with Crippen molar-refractivity contribution in [2.24, 2.45) is 0 Å². The minimum atomic E-state index is -1.35. The molecule has 80 valence electrons. The molecule has 0 aliphatic carbocycles. The average molecular weight is 235 g/mol. The Hall–Kier alpha value is 0.571. The summed E-state index contributed by atoms with van der Waals surface area (Å²) in [7, 11) is -3.59. The van der Waals surface area contributed by atoms with E-state index in [1.54, 1.807) is 0 Å². The van der Waals surface area contributed by atoms with Crippen LogP contribution in [0.4, 0.5) is 0 Å². The summed E-state index contributed by atoms with van der Waals surface area (Å²) in [5.74, 6) is 0. The van der Waals surface area contributed by atoms with E-state index < -0.39 is 24.9 Å². The molecule has 0 radical (unpaired) electrons. The second-order valence-electron chi connectivity index (χ2n) is 6.38. The molecule has 0 atom stereocenters. The number of rotatable bonds is 4. The molecule has 0 saturated heterocycles. The Morgan fingerprint density at radius 2 is 0.769 bits per heavy atom. The molecule has 0 spiro atoms. The van der Waals surface area contributed by atoms with Gasteiger partial charge in [0.05, 0.1) is 0 Å². The monoisotopic (exact) mass is 234 g/mol. The van der Waals surface area contributed by atoms with Gasteiger partial charge in [-0.25, -0.2) is 0 Å². The highest BCUT2D eigenvalue weighted by Gasteiger charge is 2.31. The SMILES string of the molecule is C[Si](C)(C)N[Si](C)(C)N[Si](C)(C)C. The molecule has 0 rings (SSSR count). The lowest BCUT2D eigenvalue weighted by atomic mass is 11.8. The highest BCUT2D eigenvalue weighted by atomic mass is 28.4. The van der Waals surface area contributed by atoms with Crippen LogP contribution in [0.5, 0.6) is 0 Å². The molecule has 0 fully saturated rings. The minimum Gasteiger partial charge on any atom is -0.348 e. The van der Waals surface area contributed by atoms with E-state index in [-0.39, 0.29) is 0 Å². The summed E-state index contributed by atoms with van der Waals surface area (Å²) in [5, 5.41) is 0. The van der Waals surface area contributed by atoms with Crippen LogP contribution in [-0.2, 0) is 0 Å². The van der Waals surface area contributed by atoms with E-state index in [1.807, 2.05) is 0 Å². The summed E-state index contributed by atoms with van der Waals surface area (Å²) in [6.45, 7) is 19.0. The van der Waals surface area contributed by atoms with Gasteiger partial charge in [0.25, 0.3) is 0 Å². The van der Waals surface area contributed by atoms with Gasteiger partial charge in [-0.3, -0.25) is 0 Å². The largest absolute Gasteiger partial charge is 0.348 e. The van der Waals surface area contributed by atoms with Gasteiger partial charge >= 0.3 is 0 Å². The van der Waals surface area contributed by atoms with Crippen molar-refractivity contribution in [1.29, 1.82) is 0 Å². The average Bonchev–Trinajstić information content (AvgIpc) is 1.43. The van der Waals surface area contributed by atoms with Gasteiger partial charge in [-0.1, -0.05) is 39.3 Å². The molecule has 0 unspecified atom stereocenters. The Morgan fingerprint density at radius 1 is 0.538 bits per heavy atom. The van der Waals surface area contributed by atoms with E-state index in [1.165, 1.54) is 0 Å². The van der Waals surface area contributed by atoms with E-state index in [0.29, 0.717) is 0 Å². The molecule has 0 aliphatic rings. The lowest BCUT2D eigenvalue weighted by Gasteiger charge is -2.37. The van der Waals surface area contributed by atoms with Gasteiger partial charge in [-0.2, -0.15) is 0 Å². The smallest absolute Gasteiger partial charge is 0.181 e. The van der Waals surface area contributed by atoms with E-state index >= 15 is 0 Å². The first-order valence-electron chi connectivity index (χ1n) is 5.00. The maximum atomic E-state index is 3.85. The molecule has 2 N–H and O–H groups in total. The molecule has 2 nitrogen and oxygen atoms in total. The predicted octanol–water partition coefficient (Wildman–Crippen LogP) is 2.54. The van der Waals surface area contributed by atoms with Gasteiger partial charge in [0, 0.05) is 0 Å². The van der Waals surface area contributed by atoms with E-state index in [4.69, 9.17) is 0 Å². The first-order valence-corrected chi connectivity index (χ1v) is 15.0. The van der Waals surface area contributed by atoms with Crippen LogP contribution in [0, 0.1) is 0 Å². The molecule has 0 aromatic heterocycles. The Balaban J connectivity index is 4.25. The van der Waals surface area contributed by atoms with E-state index in [2.05, 4.69) is 61.7 Å². The minimum absolute atomic E-state index is 1.12. The molecule has 0 amide bonds. The lowest BCUT2D eigenvalue weighted by molar-refractivity contribution is 1.18. The molecule has 0 heterocycles. The Labute approximate surface area is 86.9 Å². The fourth-order valence-electron chi connectivity index (χ4n) is 1.91. The van der Waals surface area contributed by atoms with Crippen LogP contribution in [0.25, 0.3) is 0 Å². The van der Waals surface area contributed by atoms with Gasteiger partial charge < -0.3 is 9.30 Å². The number of hydrogen-bond acceptors (Lipinski definition) is 2. The van der Waals surface area contributed by atoms with Crippen LogP contribution >= 0.6 is 0 Å². The van der Waals surface area contributed by atoms with Crippen molar-refractivity contribution >= 4 is 24.9 Å². The van der Waals surface area contributed by atoms with Crippen molar-refractivity contribution in [3.63, 3.8) is 0 Å². The van der Waals surface area contributed by atoms with Crippen LogP contribution in [0.3, 0.4) is 0 Å². The third kappa shape index (κ3) is 8.89. The van der Waals surface area contributed by atoms with Crippen molar-refractivity contribution in [2.75, 3.05) is 0 Å². The van der Waals surface area contributed by atoms with Crippen LogP contribution in [0.1, 0.15) is 0 Å². The van der Waals surface area contributed by atoms with Crippen LogP contribution < -0.4 is 9.30 Å². The zero-order chi connectivity index (χ0) is 10.9. The van der Waals surface area contributed by atoms with Crippen molar-refractivity contribution in [1.82, 2.24) is 9.30 Å². The molecule has 13 heavy (non-hydrogen) atoms. The van der Waals surface area contributed by atoms with Gasteiger partial charge in [0.1, 0.15) is 16.5 Å². The second kappa shape index (κ2) is 3.98. The molecule has 5 heteroatoms. The molecule has 0 aliphatic heterocycles. The van der Waals surface area contributed by atoms with Gasteiger partial charge in [0.15, 0.2) is 8.40 Å². The fraction of sp³-hybridized carbons (Fsp3) is 1.00. The normalized spacial score (nSPS) is 14.8. The third-order valence-corrected chi connectivity index (χ3v) is 12.4. The molecular formula is C8H26N2Si3. The maximum Gasteiger partial charge on any atom is 0.181 e. The first kappa shape index (κ1) is 13.6. The van der Waals surface area contributed by atoms with Crippen LogP contribution in [0.15, 0.2) is 0 Å². The van der Waals surface area contributed by atoms with Gasteiger partial charge in [-0.15, -0.1) is 0 Å². The standard InChI is InChI=1S/C8H26N2Si3/c1-11(2,3)9-13(7,8)10-12(4,5)6/h9-10H,1-8H3. The molecule has 0 saturated carbocycles. The molecule has 0 aromatic carbocycles. The summed E-state index contributed by atoms with van der Waals surface area (Å²) >= 11 is 0. The lowest BCUT2D eigenvalue weighted by Crippen LogP contribution is -2.70. The highest BCUT2D eigenvalue weighted by Crippen LogP contribution is 2.06. The zero-order valence-electron chi connectivity index (χ0n) is 10.5. The highest BCUT2D eigenvalue weighted by molar-refractivity contribution is 6.96. The quantitative estimate of drug-likeness (QED) is 0.731. The Kier molecular flexibility index (Phi) is 4.15. The van der Waals surface area contributed by atoms with Crippen molar-refractivity contribution in [3.05, 3.63) is 0 Å². The van der Waals surface area contributed by atoms with E-state index in [0.717, 1.165) is 0 Å². The fourth-order valence-corrected chi connectivity index (χ4v) is 17.7. The number of hydrogen-bond donors (Lipinski definition) is 2. The van der Waals surface area contributed by atoms with Crippen LogP contribution in [-0.4, -0.2) is 24.9 Å². The Morgan fingerprint density at radius 3 is 0.923 bits per heavy atom. The summed E-state index contributed by atoms with van der Waals surface area (Å²) in [4.78, 5) is 0. The number of nitrogens with one attached hydrogen (secondary N) is 2. The van der Waals surface area contributed by atoms with Crippen molar-refractivity contribution < 1.29 is 0 Å². The third-order valence-electron chi connectivity index (χ3n) is 1.38. The van der Waals surface area contributed by atoms with Crippen molar-refractivity contribution in [2.45, 2.75) is 52.4 Å². The molecule has 0 aromatic rings. The zero-order valence-corrected chi connectivity index (χ0v) is 13.5. The Bertz CT molecular complexity index is 149. The molecule has 0 bridgehead atoms.